The number of hydrogen-bond donors (Lipinski definition) is 1. The number of aromatic nitrogens is 4. The molecule has 7 nitrogen and oxygen atoms in total. The molecule has 3 rings (SSSR count). The highest BCUT2D eigenvalue weighted by Gasteiger charge is 2.41. The number of piperidine rings is 1. The van der Waals surface area contributed by atoms with Crippen LogP contribution in [0.5, 0.6) is 0 Å². The van der Waals surface area contributed by atoms with Crippen LogP contribution in [0.1, 0.15) is 18.7 Å². The number of fused-ring (bicyclic) bond motifs is 1. The number of hydrogen-bond acceptors (Lipinski definition) is 5. The first kappa shape index (κ1) is 18.2. The average molecular weight is 368 g/mol. The number of rotatable bonds is 4. The minimum atomic E-state index is -4.17. The Balaban J connectivity index is 1.87. The molecule has 1 saturated heterocycles. The van der Waals surface area contributed by atoms with Crippen molar-refractivity contribution in [2.75, 3.05) is 18.0 Å². The van der Waals surface area contributed by atoms with Crippen molar-refractivity contribution in [1.29, 1.82) is 0 Å². The molecular formula is C16H19F3N6O. The van der Waals surface area contributed by atoms with Crippen LogP contribution < -0.4 is 10.2 Å². The van der Waals surface area contributed by atoms with Gasteiger partial charge in [0.1, 0.15) is 0 Å². The lowest BCUT2D eigenvalue weighted by Gasteiger charge is -2.33. The zero-order valence-corrected chi connectivity index (χ0v) is 14.3. The molecule has 3 heterocycles. The SMILES string of the molecule is C=CC(=O)NCc1nc(N2CCC(C(F)(F)F)CC2)c2ncn(C)c2n1. The van der Waals surface area contributed by atoms with Crippen LogP contribution in [-0.2, 0) is 18.4 Å². The van der Waals surface area contributed by atoms with Crippen LogP contribution in [0.4, 0.5) is 19.0 Å². The van der Waals surface area contributed by atoms with Crippen LogP contribution in [0.15, 0.2) is 19.0 Å². The summed E-state index contributed by atoms with van der Waals surface area (Å²) < 4.78 is 40.4. The fraction of sp³-hybridized carbons (Fsp3) is 0.500. The van der Waals surface area contributed by atoms with Gasteiger partial charge in [0, 0.05) is 20.1 Å². The van der Waals surface area contributed by atoms with Crippen LogP contribution in [0.3, 0.4) is 0 Å². The second kappa shape index (κ2) is 6.93. The van der Waals surface area contributed by atoms with Gasteiger partial charge in [0.15, 0.2) is 22.8 Å². The Hall–Kier alpha value is -2.65. The standard InChI is InChI=1S/C16H19F3N6O/c1-3-12(26)20-8-11-22-14-13(21-9-24(14)2)15(23-11)25-6-4-10(5-7-25)16(17,18)19/h3,9-10H,1,4-8H2,2H3,(H,20,26). The molecule has 0 bridgehead atoms. The number of aryl methyl sites for hydroxylation is 1. The minimum absolute atomic E-state index is 0.0182. The fourth-order valence-electron chi connectivity index (χ4n) is 2.99. The Labute approximate surface area is 147 Å². The number of carbonyl (C=O) groups is 1. The smallest absolute Gasteiger partial charge is 0.355 e. The molecule has 0 aliphatic carbocycles. The van der Waals surface area contributed by atoms with E-state index in [9.17, 15) is 18.0 Å². The summed E-state index contributed by atoms with van der Waals surface area (Å²) in [5, 5.41) is 2.60. The van der Waals surface area contributed by atoms with Gasteiger partial charge in [0.25, 0.3) is 0 Å². The van der Waals surface area contributed by atoms with Crippen molar-refractivity contribution in [3.63, 3.8) is 0 Å². The summed E-state index contributed by atoms with van der Waals surface area (Å²) >= 11 is 0. The largest absolute Gasteiger partial charge is 0.391 e. The molecule has 1 fully saturated rings. The lowest BCUT2D eigenvalue weighted by molar-refractivity contribution is -0.179. The van der Waals surface area contributed by atoms with Gasteiger partial charge in [0.05, 0.1) is 18.8 Å². The average Bonchev–Trinajstić information content (AvgIpc) is 2.99. The van der Waals surface area contributed by atoms with Crippen LogP contribution >= 0.6 is 0 Å². The van der Waals surface area contributed by atoms with E-state index >= 15 is 0 Å². The van der Waals surface area contributed by atoms with Crippen molar-refractivity contribution >= 4 is 22.9 Å². The Morgan fingerprint density at radius 2 is 2.08 bits per heavy atom. The van der Waals surface area contributed by atoms with Crippen molar-refractivity contribution in [1.82, 2.24) is 24.8 Å². The molecule has 2 aromatic heterocycles. The number of amides is 1. The Morgan fingerprint density at radius 1 is 1.38 bits per heavy atom. The van der Waals surface area contributed by atoms with Gasteiger partial charge in [-0.05, 0) is 18.9 Å². The van der Waals surface area contributed by atoms with E-state index in [2.05, 4.69) is 26.8 Å². The van der Waals surface area contributed by atoms with Gasteiger partial charge < -0.3 is 14.8 Å². The third kappa shape index (κ3) is 3.63. The summed E-state index contributed by atoms with van der Waals surface area (Å²) in [6.07, 6.45) is -1.41. The molecule has 1 N–H and O–H groups in total. The first-order valence-electron chi connectivity index (χ1n) is 8.19. The predicted molar refractivity (Wildman–Crippen MR) is 89.3 cm³/mol. The van der Waals surface area contributed by atoms with E-state index in [1.807, 2.05) is 0 Å². The van der Waals surface area contributed by atoms with Gasteiger partial charge in [-0.15, -0.1) is 0 Å². The van der Waals surface area contributed by atoms with E-state index in [4.69, 9.17) is 0 Å². The monoisotopic (exact) mass is 368 g/mol. The molecule has 2 aromatic rings. The van der Waals surface area contributed by atoms with Gasteiger partial charge in [-0.2, -0.15) is 13.2 Å². The van der Waals surface area contributed by atoms with E-state index in [-0.39, 0.29) is 38.4 Å². The van der Waals surface area contributed by atoms with E-state index in [0.717, 1.165) is 6.08 Å². The number of halogens is 3. The molecule has 0 aromatic carbocycles. The number of nitrogens with one attached hydrogen (secondary N) is 1. The molecule has 0 saturated carbocycles. The number of nitrogens with zero attached hydrogens (tertiary/aromatic N) is 5. The second-order valence-electron chi connectivity index (χ2n) is 6.22. The topological polar surface area (TPSA) is 75.9 Å². The van der Waals surface area contributed by atoms with Crippen molar-refractivity contribution < 1.29 is 18.0 Å². The molecule has 0 unspecified atom stereocenters. The maximum absolute atomic E-state index is 12.9. The molecule has 1 aliphatic heterocycles. The Kier molecular flexibility index (Phi) is 4.84. The predicted octanol–water partition coefficient (Wildman–Crippen LogP) is 1.94. The van der Waals surface area contributed by atoms with Gasteiger partial charge >= 0.3 is 6.18 Å². The maximum Gasteiger partial charge on any atom is 0.391 e. The van der Waals surface area contributed by atoms with Crippen molar-refractivity contribution in [2.24, 2.45) is 13.0 Å². The summed E-state index contributed by atoms with van der Waals surface area (Å²) in [6.45, 7) is 3.96. The molecule has 0 radical (unpaired) electrons. The Bertz CT molecular complexity index is 823. The van der Waals surface area contributed by atoms with E-state index in [1.54, 1.807) is 22.8 Å². The van der Waals surface area contributed by atoms with Crippen molar-refractivity contribution in [2.45, 2.75) is 25.6 Å². The van der Waals surface area contributed by atoms with E-state index in [1.165, 1.54) is 0 Å². The summed E-state index contributed by atoms with van der Waals surface area (Å²) in [7, 11) is 1.77. The normalized spacial score (nSPS) is 16.1. The molecule has 140 valence electrons. The summed E-state index contributed by atoms with van der Waals surface area (Å²) in [6, 6.07) is 0. The second-order valence-corrected chi connectivity index (χ2v) is 6.22. The number of anilines is 1. The number of imidazole rings is 1. The van der Waals surface area contributed by atoms with Crippen LogP contribution in [-0.4, -0.2) is 44.7 Å². The highest BCUT2D eigenvalue weighted by atomic mass is 19.4. The zero-order valence-electron chi connectivity index (χ0n) is 14.3. The quantitative estimate of drug-likeness (QED) is 0.835. The molecule has 1 amide bonds. The third-order valence-corrected chi connectivity index (χ3v) is 4.45. The molecule has 10 heteroatoms. The molecule has 0 spiro atoms. The molecular weight excluding hydrogens is 349 g/mol. The maximum atomic E-state index is 12.9. The zero-order chi connectivity index (χ0) is 18.9. The van der Waals surface area contributed by atoms with E-state index < -0.39 is 12.1 Å². The molecule has 26 heavy (non-hydrogen) atoms. The first-order valence-corrected chi connectivity index (χ1v) is 8.19. The van der Waals surface area contributed by atoms with Gasteiger partial charge in [-0.1, -0.05) is 6.58 Å². The van der Waals surface area contributed by atoms with Crippen molar-refractivity contribution in [3.8, 4) is 0 Å². The minimum Gasteiger partial charge on any atom is -0.355 e. The fourth-order valence-corrected chi connectivity index (χ4v) is 2.99. The first-order chi connectivity index (χ1) is 12.3. The van der Waals surface area contributed by atoms with Crippen molar-refractivity contribution in [3.05, 3.63) is 24.8 Å². The highest BCUT2D eigenvalue weighted by Crippen LogP contribution is 2.36. The third-order valence-electron chi connectivity index (χ3n) is 4.45. The van der Waals surface area contributed by atoms with Crippen LogP contribution in [0.2, 0.25) is 0 Å². The number of alkyl halides is 3. The van der Waals surface area contributed by atoms with E-state index in [0.29, 0.717) is 22.8 Å². The molecule has 0 atom stereocenters. The van der Waals surface area contributed by atoms with Gasteiger partial charge in [-0.3, -0.25) is 4.79 Å². The number of carbonyl (C=O) groups excluding carboxylic acids is 1. The lowest BCUT2D eigenvalue weighted by atomic mass is 9.96. The summed E-state index contributed by atoms with van der Waals surface area (Å²) in [5.41, 5.74) is 1.10. The van der Waals surface area contributed by atoms with Crippen LogP contribution in [0.25, 0.3) is 11.2 Å². The highest BCUT2D eigenvalue weighted by molar-refractivity contribution is 5.87. The summed E-state index contributed by atoms with van der Waals surface area (Å²) in [5.74, 6) is -0.777. The summed E-state index contributed by atoms with van der Waals surface area (Å²) in [4.78, 5) is 26.3. The van der Waals surface area contributed by atoms with Crippen LogP contribution in [0, 0.1) is 5.92 Å². The molecule has 1 aliphatic rings. The van der Waals surface area contributed by atoms with Gasteiger partial charge in [0.2, 0.25) is 5.91 Å². The van der Waals surface area contributed by atoms with Gasteiger partial charge in [-0.25, -0.2) is 15.0 Å². The lowest BCUT2D eigenvalue weighted by Crippen LogP contribution is -2.39. The Morgan fingerprint density at radius 3 is 2.69 bits per heavy atom.